The van der Waals surface area contributed by atoms with Crippen LogP contribution in [0, 0.1) is 0 Å². The number of fused-ring (bicyclic) bond motifs is 1. The molecule has 0 spiro atoms. The number of hydrogen-bond acceptors (Lipinski definition) is 6. The zero-order valence-electron chi connectivity index (χ0n) is 20.9. The second-order valence-electron chi connectivity index (χ2n) is 8.60. The van der Waals surface area contributed by atoms with Gasteiger partial charge in [-0.2, -0.15) is 0 Å². The lowest BCUT2D eigenvalue weighted by molar-refractivity contribution is -0.135. The topological polar surface area (TPSA) is 68.3 Å². The maximum atomic E-state index is 13.6. The van der Waals surface area contributed by atoms with Crippen molar-refractivity contribution in [2.45, 2.75) is 25.8 Å². The summed E-state index contributed by atoms with van der Waals surface area (Å²) < 4.78 is 16.6. The molecule has 7 nitrogen and oxygen atoms in total. The third kappa shape index (κ3) is 5.82. The smallest absolute Gasteiger partial charge is 0.254 e. The highest BCUT2D eigenvalue weighted by Crippen LogP contribution is 2.34. The number of amides is 2. The number of thiophene rings is 1. The number of benzene rings is 2. The average molecular weight is 509 g/mol. The van der Waals surface area contributed by atoms with Crippen LogP contribution in [0.3, 0.4) is 0 Å². The summed E-state index contributed by atoms with van der Waals surface area (Å²) in [6.07, 6.45) is 1.56. The molecule has 4 rings (SSSR count). The van der Waals surface area contributed by atoms with Crippen molar-refractivity contribution < 1.29 is 23.8 Å². The molecule has 1 aliphatic rings. The molecule has 0 saturated heterocycles. The minimum Gasteiger partial charge on any atom is -0.497 e. The Kier molecular flexibility index (Phi) is 8.48. The van der Waals surface area contributed by atoms with Crippen LogP contribution in [-0.4, -0.2) is 62.1 Å². The summed E-state index contributed by atoms with van der Waals surface area (Å²) >= 11 is 1.71. The van der Waals surface area contributed by atoms with E-state index in [4.69, 9.17) is 14.2 Å². The van der Waals surface area contributed by atoms with E-state index in [1.165, 1.54) is 4.88 Å². The monoisotopic (exact) mass is 508 g/mol. The van der Waals surface area contributed by atoms with Gasteiger partial charge < -0.3 is 24.0 Å². The normalized spacial score (nSPS) is 14.6. The van der Waals surface area contributed by atoms with Crippen molar-refractivity contribution in [3.05, 3.63) is 76.0 Å². The minimum absolute atomic E-state index is 0.0217. The van der Waals surface area contributed by atoms with Gasteiger partial charge in [0.05, 0.1) is 20.3 Å². The molecule has 190 valence electrons. The van der Waals surface area contributed by atoms with Crippen LogP contribution in [0.2, 0.25) is 0 Å². The van der Waals surface area contributed by atoms with Crippen LogP contribution in [0.1, 0.15) is 40.2 Å². The lowest BCUT2D eigenvalue weighted by atomic mass is 10.0. The fourth-order valence-corrected chi connectivity index (χ4v) is 5.36. The van der Waals surface area contributed by atoms with Crippen molar-refractivity contribution in [3.8, 4) is 17.2 Å². The zero-order valence-corrected chi connectivity index (χ0v) is 21.8. The van der Waals surface area contributed by atoms with E-state index < -0.39 is 0 Å². The van der Waals surface area contributed by atoms with Gasteiger partial charge in [-0.1, -0.05) is 13.0 Å². The molecule has 1 atom stereocenters. The summed E-state index contributed by atoms with van der Waals surface area (Å²) in [6, 6.07) is 16.3. The lowest BCUT2D eigenvalue weighted by Gasteiger charge is -2.37. The molecule has 3 aromatic rings. The van der Waals surface area contributed by atoms with Gasteiger partial charge in [0.1, 0.15) is 30.4 Å². The van der Waals surface area contributed by atoms with E-state index in [-0.39, 0.29) is 24.4 Å². The summed E-state index contributed by atoms with van der Waals surface area (Å²) in [5, 5.41) is 2.06. The number of carbonyl (C=O) groups is 2. The second kappa shape index (κ2) is 11.9. The van der Waals surface area contributed by atoms with Gasteiger partial charge in [0.25, 0.3) is 5.91 Å². The van der Waals surface area contributed by atoms with Gasteiger partial charge in [-0.25, -0.2) is 0 Å². The van der Waals surface area contributed by atoms with Gasteiger partial charge in [0, 0.05) is 29.6 Å². The van der Waals surface area contributed by atoms with E-state index in [0.717, 1.165) is 18.4 Å². The molecule has 2 amide bonds. The van der Waals surface area contributed by atoms with Crippen LogP contribution in [0.4, 0.5) is 0 Å². The molecule has 0 bridgehead atoms. The first kappa shape index (κ1) is 25.6. The quantitative estimate of drug-likeness (QED) is 0.393. The van der Waals surface area contributed by atoms with E-state index in [2.05, 4.69) is 11.4 Å². The summed E-state index contributed by atoms with van der Waals surface area (Å²) in [7, 11) is 3.21. The first-order valence-corrected chi connectivity index (χ1v) is 13.0. The van der Waals surface area contributed by atoms with Crippen LogP contribution in [0.25, 0.3) is 0 Å². The second-order valence-corrected chi connectivity index (χ2v) is 9.60. The van der Waals surface area contributed by atoms with Crippen molar-refractivity contribution in [1.29, 1.82) is 0 Å². The van der Waals surface area contributed by atoms with E-state index >= 15 is 0 Å². The van der Waals surface area contributed by atoms with Gasteiger partial charge in [-0.15, -0.1) is 11.3 Å². The number of methoxy groups -OCH3 is 2. The molecule has 0 unspecified atom stereocenters. The molecule has 0 radical (unpaired) electrons. The molecule has 36 heavy (non-hydrogen) atoms. The Hall–Kier alpha value is -3.52. The highest BCUT2D eigenvalue weighted by molar-refractivity contribution is 7.10. The maximum Gasteiger partial charge on any atom is 0.254 e. The summed E-state index contributed by atoms with van der Waals surface area (Å²) in [5.41, 5.74) is 1.65. The molecule has 0 saturated carbocycles. The predicted molar refractivity (Wildman–Crippen MR) is 140 cm³/mol. The molecule has 0 aliphatic carbocycles. The van der Waals surface area contributed by atoms with Gasteiger partial charge >= 0.3 is 0 Å². The average Bonchev–Trinajstić information content (AvgIpc) is 3.40. The minimum atomic E-state index is -0.224. The van der Waals surface area contributed by atoms with Crippen molar-refractivity contribution in [1.82, 2.24) is 9.80 Å². The Bertz CT molecular complexity index is 1180. The SMILES string of the molecule is CCCN(CC(=O)N1CCc2sccc2[C@H]1COc1cccc(OC)c1)C(=O)c1ccc(OC)cc1. The molecular formula is C28H32N2O5S. The van der Waals surface area contributed by atoms with E-state index in [1.807, 2.05) is 36.1 Å². The third-order valence-corrected chi connectivity index (χ3v) is 7.30. The summed E-state index contributed by atoms with van der Waals surface area (Å²) in [4.78, 5) is 31.6. The number of carbonyl (C=O) groups excluding carboxylic acids is 2. The van der Waals surface area contributed by atoms with Gasteiger partial charge in [0.15, 0.2) is 0 Å². The molecule has 1 aliphatic heterocycles. The number of hydrogen-bond donors (Lipinski definition) is 0. The molecule has 0 fully saturated rings. The molecule has 1 aromatic heterocycles. The molecule has 2 aromatic carbocycles. The number of ether oxygens (including phenoxy) is 3. The van der Waals surface area contributed by atoms with Gasteiger partial charge in [-0.05, 0) is 66.2 Å². The largest absolute Gasteiger partial charge is 0.497 e. The maximum absolute atomic E-state index is 13.6. The van der Waals surface area contributed by atoms with E-state index in [1.54, 1.807) is 54.7 Å². The molecule has 2 heterocycles. The van der Waals surface area contributed by atoms with Crippen LogP contribution in [0.15, 0.2) is 60.0 Å². The predicted octanol–water partition coefficient (Wildman–Crippen LogP) is 4.82. The van der Waals surface area contributed by atoms with Gasteiger partial charge in [-0.3, -0.25) is 9.59 Å². The van der Waals surface area contributed by atoms with Gasteiger partial charge in [0.2, 0.25) is 5.91 Å². The Morgan fingerprint density at radius 1 is 1.03 bits per heavy atom. The highest BCUT2D eigenvalue weighted by atomic mass is 32.1. The Morgan fingerprint density at radius 3 is 2.50 bits per heavy atom. The van der Waals surface area contributed by atoms with E-state index in [9.17, 15) is 9.59 Å². The molecule has 8 heteroatoms. The van der Waals surface area contributed by atoms with Crippen molar-refractivity contribution in [3.63, 3.8) is 0 Å². The van der Waals surface area contributed by atoms with E-state index in [0.29, 0.717) is 42.5 Å². The fourth-order valence-electron chi connectivity index (χ4n) is 4.43. The Balaban J connectivity index is 1.50. The van der Waals surface area contributed by atoms with Crippen molar-refractivity contribution in [2.75, 3.05) is 40.5 Å². The Morgan fingerprint density at radius 2 is 1.78 bits per heavy atom. The van der Waals surface area contributed by atoms with Crippen molar-refractivity contribution in [2.24, 2.45) is 0 Å². The van der Waals surface area contributed by atoms with Crippen LogP contribution in [0.5, 0.6) is 17.2 Å². The summed E-state index contributed by atoms with van der Waals surface area (Å²) in [5.74, 6) is 1.84. The van der Waals surface area contributed by atoms with Crippen LogP contribution in [-0.2, 0) is 11.2 Å². The standard InChI is InChI=1S/C28H32N2O5S/c1-4-14-29(28(32)20-8-10-21(33-2)11-9-20)18-27(31)30-15-12-26-24(13-16-36-26)25(30)19-35-23-7-5-6-22(17-23)34-3/h5-11,13,16-17,25H,4,12,14-15,18-19H2,1-3H3/t25-/m1/s1. The zero-order chi connectivity index (χ0) is 25.5. The first-order chi connectivity index (χ1) is 17.5. The first-order valence-electron chi connectivity index (χ1n) is 12.1. The molecule has 0 N–H and O–H groups in total. The lowest BCUT2D eigenvalue weighted by Crippen LogP contribution is -2.48. The number of rotatable bonds is 10. The molecular weight excluding hydrogens is 476 g/mol. The van der Waals surface area contributed by atoms with Crippen LogP contribution < -0.4 is 14.2 Å². The summed E-state index contributed by atoms with van der Waals surface area (Å²) in [6.45, 7) is 3.44. The van der Waals surface area contributed by atoms with Crippen molar-refractivity contribution >= 4 is 23.2 Å². The highest BCUT2D eigenvalue weighted by Gasteiger charge is 2.33. The third-order valence-electron chi connectivity index (χ3n) is 6.31. The number of nitrogens with zero attached hydrogens (tertiary/aromatic N) is 2. The fraction of sp³-hybridized carbons (Fsp3) is 0.357. The van der Waals surface area contributed by atoms with Crippen LogP contribution >= 0.6 is 11.3 Å². The Labute approximate surface area is 216 Å².